The zero-order valence-electron chi connectivity index (χ0n) is 12.8. The highest BCUT2D eigenvalue weighted by atomic mass is 35.5. The first-order chi connectivity index (χ1) is 12.0. The molecule has 0 atom stereocenters. The molecule has 130 valence electrons. The van der Waals surface area contributed by atoms with E-state index in [9.17, 15) is 8.42 Å². The second-order valence-corrected chi connectivity index (χ2v) is 7.71. The summed E-state index contributed by atoms with van der Waals surface area (Å²) < 4.78 is 32.0. The van der Waals surface area contributed by atoms with Gasteiger partial charge in [-0.1, -0.05) is 46.6 Å². The van der Waals surface area contributed by atoms with Crippen molar-refractivity contribution in [1.29, 1.82) is 0 Å². The number of aromatic nitrogens is 2. The molecule has 0 saturated heterocycles. The van der Waals surface area contributed by atoms with Crippen LogP contribution in [0.2, 0.25) is 10.0 Å². The fraction of sp³-hybridized carbons (Fsp3) is 0.125. The van der Waals surface area contributed by atoms with Crippen molar-refractivity contribution < 1.29 is 12.9 Å². The lowest BCUT2D eigenvalue weighted by Crippen LogP contribution is -2.26. The van der Waals surface area contributed by atoms with E-state index in [1.807, 2.05) is 6.07 Å². The molecular formula is C16H13Cl2N3O3S. The summed E-state index contributed by atoms with van der Waals surface area (Å²) in [4.78, 5) is 4.33. The molecule has 1 aromatic heterocycles. The Morgan fingerprint density at radius 2 is 1.88 bits per heavy atom. The van der Waals surface area contributed by atoms with E-state index < -0.39 is 10.0 Å². The van der Waals surface area contributed by atoms with Crippen LogP contribution in [-0.2, 0) is 16.4 Å². The van der Waals surface area contributed by atoms with Gasteiger partial charge in [-0.15, -0.1) is 0 Å². The Balaban J connectivity index is 1.64. The summed E-state index contributed by atoms with van der Waals surface area (Å²) in [6.07, 6.45) is 0.247. The van der Waals surface area contributed by atoms with Crippen molar-refractivity contribution in [3.05, 3.63) is 64.5 Å². The third-order valence-corrected chi connectivity index (χ3v) is 5.34. The summed E-state index contributed by atoms with van der Waals surface area (Å²) in [6.45, 7) is 0.110. The molecule has 0 bridgehead atoms. The summed E-state index contributed by atoms with van der Waals surface area (Å²) in [5.41, 5.74) is 0.652. The van der Waals surface area contributed by atoms with Gasteiger partial charge < -0.3 is 4.52 Å². The number of hydrogen-bond donors (Lipinski definition) is 1. The second-order valence-electron chi connectivity index (χ2n) is 5.10. The lowest BCUT2D eigenvalue weighted by Gasteiger charge is -2.05. The molecule has 0 amide bonds. The van der Waals surface area contributed by atoms with E-state index in [-0.39, 0.29) is 17.9 Å². The molecule has 0 aliphatic carbocycles. The maximum atomic E-state index is 12.2. The number of rotatable bonds is 6. The van der Waals surface area contributed by atoms with E-state index in [4.69, 9.17) is 27.7 Å². The molecule has 0 unspecified atom stereocenters. The van der Waals surface area contributed by atoms with Gasteiger partial charge in [0.1, 0.15) is 0 Å². The molecule has 2 aromatic carbocycles. The molecule has 3 rings (SSSR count). The number of benzene rings is 2. The number of halogens is 2. The van der Waals surface area contributed by atoms with Gasteiger partial charge in [-0.05, 0) is 30.3 Å². The molecule has 0 saturated carbocycles. The second kappa shape index (κ2) is 7.53. The van der Waals surface area contributed by atoms with Crippen molar-refractivity contribution in [1.82, 2.24) is 14.9 Å². The SMILES string of the molecule is O=S(=O)(NCCc1nc(-c2ccccc2Cl)no1)c1cccc(Cl)c1. The average molecular weight is 398 g/mol. The van der Waals surface area contributed by atoms with Crippen LogP contribution in [0.15, 0.2) is 57.9 Å². The van der Waals surface area contributed by atoms with Gasteiger partial charge in [0.05, 0.1) is 9.92 Å². The van der Waals surface area contributed by atoms with E-state index in [0.29, 0.717) is 27.3 Å². The van der Waals surface area contributed by atoms with Crippen LogP contribution in [0.25, 0.3) is 11.4 Å². The Morgan fingerprint density at radius 1 is 1.08 bits per heavy atom. The lowest BCUT2D eigenvalue weighted by atomic mass is 10.2. The van der Waals surface area contributed by atoms with Crippen molar-refractivity contribution >= 4 is 33.2 Å². The molecule has 0 aliphatic heterocycles. The molecule has 1 N–H and O–H groups in total. The Bertz CT molecular complexity index is 990. The molecule has 0 radical (unpaired) electrons. The smallest absolute Gasteiger partial charge is 0.240 e. The third-order valence-electron chi connectivity index (χ3n) is 3.32. The Hall–Kier alpha value is -1.93. The molecule has 0 spiro atoms. The van der Waals surface area contributed by atoms with Crippen molar-refractivity contribution in [2.24, 2.45) is 0 Å². The highest BCUT2D eigenvalue weighted by Crippen LogP contribution is 2.24. The average Bonchev–Trinajstić information content (AvgIpc) is 3.04. The van der Waals surface area contributed by atoms with E-state index in [1.165, 1.54) is 12.1 Å². The third kappa shape index (κ3) is 4.38. The molecule has 0 aliphatic rings. The Labute approximate surface area is 154 Å². The van der Waals surface area contributed by atoms with Crippen molar-refractivity contribution in [3.63, 3.8) is 0 Å². The van der Waals surface area contributed by atoms with E-state index in [0.717, 1.165) is 0 Å². The van der Waals surface area contributed by atoms with Crippen LogP contribution in [0.3, 0.4) is 0 Å². The van der Waals surface area contributed by atoms with Crippen LogP contribution in [0.4, 0.5) is 0 Å². The van der Waals surface area contributed by atoms with Crippen molar-refractivity contribution in [2.75, 3.05) is 6.54 Å². The van der Waals surface area contributed by atoms with Crippen LogP contribution in [-0.4, -0.2) is 25.1 Å². The Kier molecular flexibility index (Phi) is 5.39. The van der Waals surface area contributed by atoms with E-state index in [1.54, 1.807) is 30.3 Å². The summed E-state index contributed by atoms with van der Waals surface area (Å²) in [7, 11) is -3.65. The Morgan fingerprint density at radius 3 is 2.64 bits per heavy atom. The van der Waals surface area contributed by atoms with Crippen molar-refractivity contribution in [2.45, 2.75) is 11.3 Å². The highest BCUT2D eigenvalue weighted by Gasteiger charge is 2.15. The van der Waals surface area contributed by atoms with Gasteiger partial charge in [-0.3, -0.25) is 0 Å². The fourth-order valence-electron chi connectivity index (χ4n) is 2.12. The quantitative estimate of drug-likeness (QED) is 0.686. The first-order valence-electron chi connectivity index (χ1n) is 7.28. The molecule has 9 heteroatoms. The van der Waals surface area contributed by atoms with Gasteiger partial charge in [-0.25, -0.2) is 13.1 Å². The zero-order chi connectivity index (χ0) is 17.9. The normalized spacial score (nSPS) is 11.6. The van der Waals surface area contributed by atoms with Gasteiger partial charge in [0.25, 0.3) is 0 Å². The topological polar surface area (TPSA) is 85.1 Å². The minimum Gasteiger partial charge on any atom is -0.339 e. The zero-order valence-corrected chi connectivity index (χ0v) is 15.1. The number of sulfonamides is 1. The van der Waals surface area contributed by atoms with Gasteiger partial charge in [0.2, 0.25) is 21.7 Å². The molecular weight excluding hydrogens is 385 g/mol. The van der Waals surface area contributed by atoms with Gasteiger partial charge in [-0.2, -0.15) is 4.98 Å². The summed E-state index contributed by atoms with van der Waals surface area (Å²) in [5, 5.41) is 4.73. The minimum absolute atomic E-state index is 0.0993. The van der Waals surface area contributed by atoms with Gasteiger partial charge in [0.15, 0.2) is 0 Å². The van der Waals surface area contributed by atoms with Crippen molar-refractivity contribution in [3.8, 4) is 11.4 Å². The molecule has 1 heterocycles. The molecule has 25 heavy (non-hydrogen) atoms. The molecule has 0 fully saturated rings. The lowest BCUT2D eigenvalue weighted by molar-refractivity contribution is 0.379. The monoisotopic (exact) mass is 397 g/mol. The number of nitrogens with one attached hydrogen (secondary N) is 1. The summed E-state index contributed by atoms with van der Waals surface area (Å²) in [5.74, 6) is 0.669. The summed E-state index contributed by atoms with van der Waals surface area (Å²) in [6, 6.07) is 13.2. The van der Waals surface area contributed by atoms with Crippen LogP contribution in [0.5, 0.6) is 0 Å². The van der Waals surface area contributed by atoms with Crippen LogP contribution < -0.4 is 4.72 Å². The van der Waals surface area contributed by atoms with Crippen LogP contribution in [0, 0.1) is 0 Å². The summed E-state index contributed by atoms with van der Waals surface area (Å²) >= 11 is 11.9. The van der Waals surface area contributed by atoms with Gasteiger partial charge in [0, 0.05) is 23.6 Å². The molecule has 6 nitrogen and oxygen atoms in total. The standard InChI is InChI=1S/C16H13Cl2N3O3S/c17-11-4-3-5-12(10-11)25(22,23)19-9-8-15-20-16(21-24-15)13-6-1-2-7-14(13)18/h1-7,10,19H,8-9H2. The maximum absolute atomic E-state index is 12.2. The fourth-order valence-corrected chi connectivity index (χ4v) is 3.67. The first-order valence-corrected chi connectivity index (χ1v) is 9.52. The van der Waals surface area contributed by atoms with Crippen LogP contribution >= 0.6 is 23.2 Å². The van der Waals surface area contributed by atoms with Gasteiger partial charge >= 0.3 is 0 Å². The number of hydrogen-bond acceptors (Lipinski definition) is 5. The predicted octanol–water partition coefficient (Wildman–Crippen LogP) is 3.56. The number of nitrogens with zero attached hydrogens (tertiary/aromatic N) is 2. The van der Waals surface area contributed by atoms with E-state index in [2.05, 4.69) is 14.9 Å². The minimum atomic E-state index is -3.65. The first kappa shape index (κ1) is 17.9. The van der Waals surface area contributed by atoms with Crippen LogP contribution in [0.1, 0.15) is 5.89 Å². The predicted molar refractivity (Wildman–Crippen MR) is 95.1 cm³/mol. The van der Waals surface area contributed by atoms with E-state index >= 15 is 0 Å². The largest absolute Gasteiger partial charge is 0.339 e. The molecule has 3 aromatic rings. The highest BCUT2D eigenvalue weighted by molar-refractivity contribution is 7.89. The maximum Gasteiger partial charge on any atom is 0.240 e.